The number of nitrogens with zero attached hydrogens (tertiary/aromatic N) is 4. The van der Waals surface area contributed by atoms with E-state index < -0.39 is 0 Å². The summed E-state index contributed by atoms with van der Waals surface area (Å²) < 4.78 is 0. The van der Waals surface area contributed by atoms with Gasteiger partial charge in [-0.1, -0.05) is 5.11 Å². The lowest BCUT2D eigenvalue weighted by Crippen LogP contribution is -2.36. The molecule has 1 aliphatic rings. The van der Waals surface area contributed by atoms with Gasteiger partial charge in [0.05, 0.1) is 12.6 Å². The minimum atomic E-state index is -0.140. The van der Waals surface area contributed by atoms with E-state index in [0.717, 1.165) is 0 Å². The molecule has 0 aromatic heterocycles. The highest BCUT2D eigenvalue weighted by atomic mass is 16.3. The molecule has 1 saturated heterocycles. The van der Waals surface area contributed by atoms with Gasteiger partial charge in [-0.15, -0.1) is 0 Å². The number of aliphatic hydroxyl groups excluding tert-OH is 1. The summed E-state index contributed by atoms with van der Waals surface area (Å²) in [4.78, 5) is 15.7. The van der Waals surface area contributed by atoms with Crippen molar-refractivity contribution in [1.82, 2.24) is 4.90 Å². The van der Waals surface area contributed by atoms with E-state index in [1.165, 1.54) is 0 Å². The van der Waals surface area contributed by atoms with Gasteiger partial charge < -0.3 is 10.0 Å². The smallest absolute Gasteiger partial charge is 0.223 e. The van der Waals surface area contributed by atoms with Crippen LogP contribution in [-0.4, -0.2) is 41.7 Å². The van der Waals surface area contributed by atoms with Crippen LogP contribution in [0, 0.1) is 5.92 Å². The van der Waals surface area contributed by atoms with Gasteiger partial charge in [0, 0.05) is 24.4 Å². The van der Waals surface area contributed by atoms with Crippen LogP contribution in [0.3, 0.4) is 0 Å². The molecule has 1 N–H and O–H groups in total. The lowest BCUT2D eigenvalue weighted by Gasteiger charge is -2.22. The van der Waals surface area contributed by atoms with Crippen molar-refractivity contribution in [3.63, 3.8) is 0 Å². The van der Waals surface area contributed by atoms with E-state index in [4.69, 9.17) is 10.6 Å². The van der Waals surface area contributed by atoms with Crippen molar-refractivity contribution in [3.8, 4) is 0 Å². The summed E-state index contributed by atoms with van der Waals surface area (Å²) in [5.74, 6) is 0.136. The third kappa shape index (κ3) is 2.37. The number of hydrogen-bond donors (Lipinski definition) is 1. The zero-order chi connectivity index (χ0) is 10.6. The van der Waals surface area contributed by atoms with E-state index in [0.29, 0.717) is 19.5 Å². The lowest BCUT2D eigenvalue weighted by atomic mass is 10.1. The first-order chi connectivity index (χ1) is 6.69. The maximum absolute atomic E-state index is 11.4. The number of likely N-dealkylation sites (tertiary alicyclic amines) is 1. The van der Waals surface area contributed by atoms with E-state index in [1.807, 2.05) is 0 Å². The Morgan fingerprint density at radius 1 is 1.86 bits per heavy atom. The quantitative estimate of drug-likeness (QED) is 0.405. The number of hydrogen-bond acceptors (Lipinski definition) is 3. The highest BCUT2D eigenvalue weighted by Gasteiger charge is 2.31. The van der Waals surface area contributed by atoms with E-state index >= 15 is 0 Å². The molecule has 1 amide bonds. The van der Waals surface area contributed by atoms with Crippen molar-refractivity contribution in [2.75, 3.05) is 19.7 Å². The summed E-state index contributed by atoms with van der Waals surface area (Å²) in [6, 6.07) is -0.140. The van der Waals surface area contributed by atoms with Crippen LogP contribution in [0.25, 0.3) is 10.4 Å². The van der Waals surface area contributed by atoms with Crippen molar-refractivity contribution in [2.24, 2.45) is 11.0 Å². The zero-order valence-corrected chi connectivity index (χ0v) is 8.13. The molecule has 0 aromatic carbocycles. The summed E-state index contributed by atoms with van der Waals surface area (Å²) in [7, 11) is 0. The van der Waals surface area contributed by atoms with Crippen molar-refractivity contribution in [2.45, 2.75) is 19.4 Å². The Morgan fingerprint density at radius 3 is 3.14 bits per heavy atom. The van der Waals surface area contributed by atoms with Crippen LogP contribution in [0.2, 0.25) is 0 Å². The molecule has 14 heavy (non-hydrogen) atoms. The van der Waals surface area contributed by atoms with Gasteiger partial charge in [0.1, 0.15) is 0 Å². The first kappa shape index (κ1) is 10.8. The second-order valence-corrected chi connectivity index (χ2v) is 3.56. The second-order valence-electron chi connectivity index (χ2n) is 3.56. The lowest BCUT2D eigenvalue weighted by molar-refractivity contribution is -0.130. The summed E-state index contributed by atoms with van der Waals surface area (Å²) in [5, 5.41) is 12.3. The van der Waals surface area contributed by atoms with Gasteiger partial charge in [0.2, 0.25) is 5.91 Å². The van der Waals surface area contributed by atoms with Gasteiger partial charge in [0.25, 0.3) is 0 Å². The third-order valence-corrected chi connectivity index (χ3v) is 2.44. The van der Waals surface area contributed by atoms with Gasteiger partial charge in [-0.3, -0.25) is 4.79 Å². The molecule has 6 heteroatoms. The SMILES string of the molecule is CC(CO)N1CC(CN=[N+]=[N-])CC1=O. The minimum absolute atomic E-state index is 0.0278. The van der Waals surface area contributed by atoms with Gasteiger partial charge in [-0.05, 0) is 18.4 Å². The molecular weight excluding hydrogens is 184 g/mol. The van der Waals surface area contributed by atoms with E-state index in [1.54, 1.807) is 11.8 Å². The zero-order valence-electron chi connectivity index (χ0n) is 8.13. The van der Waals surface area contributed by atoms with Crippen LogP contribution >= 0.6 is 0 Å². The number of aliphatic hydroxyl groups is 1. The molecule has 0 aromatic rings. The van der Waals surface area contributed by atoms with Gasteiger partial charge >= 0.3 is 0 Å². The maximum Gasteiger partial charge on any atom is 0.223 e. The summed E-state index contributed by atoms with van der Waals surface area (Å²) in [6.07, 6.45) is 0.420. The molecule has 0 saturated carbocycles. The van der Waals surface area contributed by atoms with Crippen LogP contribution in [0.15, 0.2) is 5.11 Å². The Morgan fingerprint density at radius 2 is 2.57 bits per heavy atom. The number of carbonyl (C=O) groups is 1. The van der Waals surface area contributed by atoms with E-state index in [-0.39, 0.29) is 24.5 Å². The van der Waals surface area contributed by atoms with Gasteiger partial charge in [-0.2, -0.15) is 0 Å². The molecule has 0 bridgehead atoms. The molecule has 2 unspecified atom stereocenters. The normalized spacial score (nSPS) is 23.4. The Labute approximate surface area is 82.1 Å². The molecule has 1 aliphatic heterocycles. The van der Waals surface area contributed by atoms with Crippen molar-refractivity contribution in [1.29, 1.82) is 0 Å². The van der Waals surface area contributed by atoms with Gasteiger partial charge in [-0.25, -0.2) is 0 Å². The fourth-order valence-electron chi connectivity index (χ4n) is 1.61. The van der Waals surface area contributed by atoms with Crippen LogP contribution in [0.4, 0.5) is 0 Å². The number of amides is 1. The topological polar surface area (TPSA) is 89.3 Å². The Hall–Kier alpha value is -1.26. The second kappa shape index (κ2) is 4.83. The van der Waals surface area contributed by atoms with Gasteiger partial charge in [0.15, 0.2) is 0 Å². The molecule has 6 nitrogen and oxygen atoms in total. The first-order valence-electron chi connectivity index (χ1n) is 4.60. The minimum Gasteiger partial charge on any atom is -0.394 e. The highest BCUT2D eigenvalue weighted by Crippen LogP contribution is 2.20. The number of carbonyl (C=O) groups excluding carboxylic acids is 1. The predicted molar refractivity (Wildman–Crippen MR) is 50.4 cm³/mol. The molecular formula is C8H14N4O2. The predicted octanol–water partition coefficient (Wildman–Crippen LogP) is 0.526. The molecule has 1 heterocycles. The summed E-state index contributed by atoms with van der Waals surface area (Å²) >= 11 is 0. The molecule has 0 aliphatic carbocycles. The van der Waals surface area contributed by atoms with Crippen LogP contribution in [0.1, 0.15) is 13.3 Å². The molecule has 1 fully saturated rings. The Kier molecular flexibility index (Phi) is 3.73. The number of rotatable bonds is 4. The third-order valence-electron chi connectivity index (χ3n) is 2.44. The van der Waals surface area contributed by atoms with E-state index in [2.05, 4.69) is 10.0 Å². The average molecular weight is 198 g/mol. The Bertz CT molecular complexity index is 262. The molecule has 1 rings (SSSR count). The molecule has 0 radical (unpaired) electrons. The van der Waals surface area contributed by atoms with Crippen molar-refractivity contribution in [3.05, 3.63) is 10.4 Å². The van der Waals surface area contributed by atoms with Crippen LogP contribution < -0.4 is 0 Å². The largest absolute Gasteiger partial charge is 0.394 e. The maximum atomic E-state index is 11.4. The standard InChI is InChI=1S/C8H14N4O2/c1-6(5-13)12-4-7(2-8(12)14)3-10-11-9/h6-7,13H,2-5H2,1H3. The molecule has 0 spiro atoms. The first-order valence-corrected chi connectivity index (χ1v) is 4.60. The highest BCUT2D eigenvalue weighted by molar-refractivity contribution is 5.79. The number of azide groups is 1. The average Bonchev–Trinajstić information content (AvgIpc) is 2.55. The fourth-order valence-corrected chi connectivity index (χ4v) is 1.61. The monoisotopic (exact) mass is 198 g/mol. The fraction of sp³-hybridized carbons (Fsp3) is 0.875. The summed E-state index contributed by atoms with van der Waals surface area (Å²) in [6.45, 7) is 2.71. The van der Waals surface area contributed by atoms with Crippen LogP contribution in [0.5, 0.6) is 0 Å². The van der Waals surface area contributed by atoms with Crippen molar-refractivity contribution < 1.29 is 9.90 Å². The van der Waals surface area contributed by atoms with E-state index in [9.17, 15) is 4.79 Å². The Balaban J connectivity index is 2.51. The van der Waals surface area contributed by atoms with Crippen LogP contribution in [-0.2, 0) is 4.79 Å². The molecule has 78 valence electrons. The molecule has 2 atom stereocenters. The van der Waals surface area contributed by atoms with Crippen molar-refractivity contribution >= 4 is 5.91 Å². The summed E-state index contributed by atoms with van der Waals surface area (Å²) in [5.41, 5.74) is 8.13.